The number of aryl methyl sites for hydroxylation is 1. The van der Waals surface area contributed by atoms with Gasteiger partial charge in [0.05, 0.1) is 6.20 Å². The van der Waals surface area contributed by atoms with Crippen LogP contribution in [0.1, 0.15) is 26.6 Å². The van der Waals surface area contributed by atoms with Crippen molar-refractivity contribution >= 4 is 22.8 Å². The fourth-order valence-electron chi connectivity index (χ4n) is 3.22. The summed E-state index contributed by atoms with van der Waals surface area (Å²) < 4.78 is 19.1. The molecule has 0 unspecified atom stereocenters. The predicted octanol–water partition coefficient (Wildman–Crippen LogP) is 2.27. The predicted molar refractivity (Wildman–Crippen MR) is 94.7 cm³/mol. The lowest BCUT2D eigenvalue weighted by atomic mass is 10.1. The zero-order valence-corrected chi connectivity index (χ0v) is 14.7. The summed E-state index contributed by atoms with van der Waals surface area (Å²) in [5.41, 5.74) is 1.38. The molecular weight excluding hydrogens is 351 g/mol. The molecule has 3 aromatic rings. The van der Waals surface area contributed by atoms with E-state index in [0.717, 1.165) is 0 Å². The van der Waals surface area contributed by atoms with E-state index in [2.05, 4.69) is 9.97 Å². The van der Waals surface area contributed by atoms with Crippen molar-refractivity contribution in [3.8, 4) is 0 Å². The largest absolute Gasteiger partial charge is 0.451 e. The van der Waals surface area contributed by atoms with Crippen LogP contribution in [0.25, 0.3) is 11.0 Å². The summed E-state index contributed by atoms with van der Waals surface area (Å²) in [6, 6.07) is 4.19. The molecule has 0 aliphatic carbocycles. The SMILES string of the molecule is Cc1c(C(=O)N2CCN(C(=O)c3cnccn3)CC2)oc2ccc(F)cc12. The molecule has 27 heavy (non-hydrogen) atoms. The molecule has 0 saturated carbocycles. The monoisotopic (exact) mass is 368 g/mol. The van der Waals surface area contributed by atoms with Crippen molar-refractivity contribution in [1.82, 2.24) is 19.8 Å². The highest BCUT2D eigenvalue weighted by atomic mass is 19.1. The number of piperazine rings is 1. The first-order valence-corrected chi connectivity index (χ1v) is 8.58. The van der Waals surface area contributed by atoms with Crippen LogP contribution in [0.3, 0.4) is 0 Å². The van der Waals surface area contributed by atoms with Gasteiger partial charge in [-0.25, -0.2) is 9.37 Å². The van der Waals surface area contributed by atoms with Gasteiger partial charge in [-0.15, -0.1) is 0 Å². The zero-order valence-electron chi connectivity index (χ0n) is 14.7. The Hall–Kier alpha value is -3.29. The number of aromatic nitrogens is 2. The van der Waals surface area contributed by atoms with Crippen LogP contribution in [-0.2, 0) is 0 Å². The minimum absolute atomic E-state index is 0.203. The molecule has 8 heteroatoms. The number of nitrogens with zero attached hydrogens (tertiary/aromatic N) is 4. The first-order chi connectivity index (χ1) is 13.0. The lowest BCUT2D eigenvalue weighted by Gasteiger charge is -2.34. The standard InChI is InChI=1S/C19H17FN4O3/c1-12-14-10-13(20)2-3-16(14)27-17(12)19(26)24-8-6-23(7-9-24)18(25)15-11-21-4-5-22-15/h2-5,10-11H,6-9H2,1H3. The van der Waals surface area contributed by atoms with Gasteiger partial charge >= 0.3 is 0 Å². The molecule has 1 aliphatic heterocycles. The van der Waals surface area contributed by atoms with Gasteiger partial charge < -0.3 is 14.2 Å². The van der Waals surface area contributed by atoms with Gasteiger partial charge in [-0.1, -0.05) is 0 Å². The van der Waals surface area contributed by atoms with E-state index in [1.54, 1.807) is 16.7 Å². The van der Waals surface area contributed by atoms with Crippen molar-refractivity contribution in [2.75, 3.05) is 26.2 Å². The maximum absolute atomic E-state index is 13.5. The van der Waals surface area contributed by atoms with Gasteiger partial charge in [-0.3, -0.25) is 14.6 Å². The Kier molecular flexibility index (Phi) is 4.31. The van der Waals surface area contributed by atoms with Gasteiger partial charge in [0.1, 0.15) is 17.1 Å². The normalized spacial score (nSPS) is 14.6. The molecule has 2 aromatic heterocycles. The lowest BCUT2D eigenvalue weighted by Crippen LogP contribution is -2.50. The number of rotatable bonds is 2. The van der Waals surface area contributed by atoms with Crippen LogP contribution in [0.4, 0.5) is 4.39 Å². The van der Waals surface area contributed by atoms with E-state index in [9.17, 15) is 14.0 Å². The van der Waals surface area contributed by atoms with Gasteiger partial charge in [-0.2, -0.15) is 0 Å². The molecular formula is C19H17FN4O3. The number of carbonyl (C=O) groups is 2. The smallest absolute Gasteiger partial charge is 0.290 e. The van der Waals surface area contributed by atoms with Crippen LogP contribution < -0.4 is 0 Å². The molecule has 0 atom stereocenters. The second-order valence-corrected chi connectivity index (χ2v) is 6.37. The summed E-state index contributed by atoms with van der Waals surface area (Å²) in [4.78, 5) is 36.5. The molecule has 0 spiro atoms. The number of hydrogen-bond acceptors (Lipinski definition) is 5. The van der Waals surface area contributed by atoms with Crippen LogP contribution in [0.15, 0.2) is 41.2 Å². The number of carbonyl (C=O) groups excluding carboxylic acids is 2. The number of fused-ring (bicyclic) bond motifs is 1. The molecule has 1 aromatic carbocycles. The number of benzene rings is 1. The van der Waals surface area contributed by atoms with E-state index in [1.165, 1.54) is 36.8 Å². The van der Waals surface area contributed by atoms with Crippen LogP contribution in [-0.4, -0.2) is 57.8 Å². The number of furan rings is 1. The van der Waals surface area contributed by atoms with E-state index in [1.807, 2.05) is 0 Å². The number of halogens is 1. The van der Waals surface area contributed by atoms with Gasteiger partial charge in [-0.05, 0) is 25.1 Å². The third-order valence-corrected chi connectivity index (χ3v) is 4.73. The third kappa shape index (κ3) is 3.14. The molecule has 3 heterocycles. The zero-order chi connectivity index (χ0) is 19.0. The third-order valence-electron chi connectivity index (χ3n) is 4.73. The first kappa shape index (κ1) is 17.1. The number of amides is 2. The van der Waals surface area contributed by atoms with Gasteiger partial charge in [0.15, 0.2) is 5.76 Å². The molecule has 2 amide bonds. The van der Waals surface area contributed by atoms with E-state index in [0.29, 0.717) is 42.7 Å². The summed E-state index contributed by atoms with van der Waals surface area (Å²) in [6.07, 6.45) is 4.41. The lowest BCUT2D eigenvalue weighted by molar-refractivity contribution is 0.0515. The quantitative estimate of drug-likeness (QED) is 0.693. The van der Waals surface area contributed by atoms with Crippen LogP contribution in [0, 0.1) is 12.7 Å². The van der Waals surface area contributed by atoms with Crippen molar-refractivity contribution in [2.24, 2.45) is 0 Å². The maximum Gasteiger partial charge on any atom is 0.290 e. The maximum atomic E-state index is 13.5. The van der Waals surface area contributed by atoms with E-state index >= 15 is 0 Å². The van der Waals surface area contributed by atoms with E-state index < -0.39 is 0 Å². The van der Waals surface area contributed by atoms with Gasteiger partial charge in [0.25, 0.3) is 11.8 Å². The Morgan fingerprint density at radius 1 is 1.07 bits per heavy atom. The Balaban J connectivity index is 1.48. The Morgan fingerprint density at radius 3 is 2.44 bits per heavy atom. The van der Waals surface area contributed by atoms with Crippen molar-refractivity contribution in [2.45, 2.75) is 6.92 Å². The summed E-state index contributed by atoms with van der Waals surface area (Å²) in [5.74, 6) is -0.618. The molecule has 138 valence electrons. The van der Waals surface area contributed by atoms with Crippen molar-refractivity contribution < 1.29 is 18.4 Å². The molecule has 0 bridgehead atoms. The van der Waals surface area contributed by atoms with Gasteiger partial charge in [0.2, 0.25) is 0 Å². The second-order valence-electron chi connectivity index (χ2n) is 6.37. The topological polar surface area (TPSA) is 79.5 Å². The second kappa shape index (κ2) is 6.79. The molecule has 1 aliphatic rings. The minimum Gasteiger partial charge on any atom is -0.451 e. The van der Waals surface area contributed by atoms with Crippen LogP contribution in [0.5, 0.6) is 0 Å². The molecule has 1 saturated heterocycles. The first-order valence-electron chi connectivity index (χ1n) is 8.58. The fourth-order valence-corrected chi connectivity index (χ4v) is 3.22. The van der Waals surface area contributed by atoms with Crippen molar-refractivity contribution in [1.29, 1.82) is 0 Å². The summed E-state index contributed by atoms with van der Waals surface area (Å²) in [7, 11) is 0. The Bertz CT molecular complexity index is 1010. The molecule has 7 nitrogen and oxygen atoms in total. The minimum atomic E-state index is -0.374. The Labute approximate surface area is 154 Å². The molecule has 0 radical (unpaired) electrons. The number of hydrogen-bond donors (Lipinski definition) is 0. The molecule has 4 rings (SSSR count). The summed E-state index contributed by atoms with van der Waals surface area (Å²) in [5, 5.41) is 0.592. The average Bonchev–Trinajstić information content (AvgIpc) is 3.04. The highest BCUT2D eigenvalue weighted by Crippen LogP contribution is 2.27. The van der Waals surface area contributed by atoms with Crippen LogP contribution in [0.2, 0.25) is 0 Å². The molecule has 1 fully saturated rings. The van der Waals surface area contributed by atoms with Crippen molar-refractivity contribution in [3.05, 3.63) is 59.6 Å². The summed E-state index contributed by atoms with van der Waals surface area (Å²) in [6.45, 7) is 3.31. The average molecular weight is 368 g/mol. The fraction of sp³-hybridized carbons (Fsp3) is 0.263. The van der Waals surface area contributed by atoms with E-state index in [-0.39, 0.29) is 29.1 Å². The highest BCUT2D eigenvalue weighted by molar-refractivity contribution is 5.99. The van der Waals surface area contributed by atoms with Crippen LogP contribution >= 0.6 is 0 Å². The van der Waals surface area contributed by atoms with Gasteiger partial charge in [0, 0.05) is 49.5 Å². The van der Waals surface area contributed by atoms with Crippen molar-refractivity contribution in [3.63, 3.8) is 0 Å². The molecule has 0 N–H and O–H groups in total. The Morgan fingerprint density at radius 2 is 1.78 bits per heavy atom. The highest BCUT2D eigenvalue weighted by Gasteiger charge is 2.29. The van der Waals surface area contributed by atoms with E-state index in [4.69, 9.17) is 4.42 Å². The summed E-state index contributed by atoms with van der Waals surface area (Å²) >= 11 is 0.